The van der Waals surface area contributed by atoms with Crippen molar-refractivity contribution < 1.29 is 23.9 Å². The van der Waals surface area contributed by atoms with Crippen molar-refractivity contribution in [3.8, 4) is 0 Å². The van der Waals surface area contributed by atoms with E-state index in [9.17, 15) is 14.4 Å². The first kappa shape index (κ1) is 22.2. The van der Waals surface area contributed by atoms with Crippen molar-refractivity contribution in [1.29, 1.82) is 0 Å². The minimum atomic E-state index is -0.890. The van der Waals surface area contributed by atoms with Crippen LogP contribution in [0.1, 0.15) is 38.1 Å². The van der Waals surface area contributed by atoms with Crippen LogP contribution in [0.5, 0.6) is 0 Å². The van der Waals surface area contributed by atoms with Crippen molar-refractivity contribution in [2.45, 2.75) is 45.9 Å². The lowest BCUT2D eigenvalue weighted by Gasteiger charge is -2.35. The zero-order chi connectivity index (χ0) is 20.8. The van der Waals surface area contributed by atoms with Crippen LogP contribution in [0.3, 0.4) is 0 Å². The molecule has 1 heterocycles. The van der Waals surface area contributed by atoms with Gasteiger partial charge in [-0.05, 0) is 31.9 Å². The number of morpholine rings is 1. The van der Waals surface area contributed by atoms with Gasteiger partial charge in [0.05, 0.1) is 22.8 Å². The van der Waals surface area contributed by atoms with E-state index in [1.807, 2.05) is 13.8 Å². The maximum absolute atomic E-state index is 12.5. The lowest BCUT2D eigenvalue weighted by atomic mass is 10.0. The molecule has 1 aliphatic rings. The summed E-state index contributed by atoms with van der Waals surface area (Å²) in [5.74, 6) is -1.63. The molecule has 1 fully saturated rings. The van der Waals surface area contributed by atoms with Crippen molar-refractivity contribution in [1.82, 2.24) is 10.2 Å². The second-order valence-electron chi connectivity index (χ2n) is 7.34. The first-order chi connectivity index (χ1) is 13.2. The van der Waals surface area contributed by atoms with Crippen molar-refractivity contribution in [2.24, 2.45) is 5.92 Å². The molecule has 1 saturated heterocycles. The van der Waals surface area contributed by atoms with Crippen LogP contribution in [0.4, 0.5) is 0 Å². The standard InChI is InChI=1S/C20H27ClN2O5/c1-12(2)18(22-19(25)15-7-5-6-8-16(15)21)20(26)27-11-17(24)23-9-13(3)28-14(4)10-23/h5-8,12-14,18H,9-11H2,1-4H3,(H,22,25)/t13-,14-,18-/m0/s1. The number of hydrogen-bond donors (Lipinski definition) is 1. The lowest BCUT2D eigenvalue weighted by Crippen LogP contribution is -2.50. The van der Waals surface area contributed by atoms with E-state index in [2.05, 4.69) is 5.32 Å². The monoisotopic (exact) mass is 410 g/mol. The largest absolute Gasteiger partial charge is 0.454 e. The number of esters is 1. The Labute approximate surface area is 170 Å². The van der Waals surface area contributed by atoms with Crippen LogP contribution in [0.15, 0.2) is 24.3 Å². The highest BCUT2D eigenvalue weighted by Gasteiger charge is 2.30. The minimum absolute atomic E-state index is 0.0678. The number of halogens is 1. The van der Waals surface area contributed by atoms with Gasteiger partial charge in [0.2, 0.25) is 0 Å². The SMILES string of the molecule is CC(C)[C@H](NC(=O)c1ccccc1Cl)C(=O)OCC(=O)N1C[C@H](C)O[C@@H](C)C1. The van der Waals surface area contributed by atoms with E-state index in [1.54, 1.807) is 43.0 Å². The molecule has 0 bridgehead atoms. The molecule has 1 aromatic carbocycles. The summed E-state index contributed by atoms with van der Waals surface area (Å²) in [4.78, 5) is 38.9. The molecule has 154 valence electrons. The van der Waals surface area contributed by atoms with E-state index in [-0.39, 0.29) is 36.2 Å². The van der Waals surface area contributed by atoms with Crippen molar-refractivity contribution in [3.05, 3.63) is 34.9 Å². The summed E-state index contributed by atoms with van der Waals surface area (Å²) in [5, 5.41) is 2.94. The van der Waals surface area contributed by atoms with Crippen LogP contribution in [0.2, 0.25) is 5.02 Å². The van der Waals surface area contributed by atoms with Gasteiger partial charge >= 0.3 is 5.97 Å². The van der Waals surface area contributed by atoms with Crippen LogP contribution in [-0.2, 0) is 19.1 Å². The maximum Gasteiger partial charge on any atom is 0.329 e. The van der Waals surface area contributed by atoms with Gasteiger partial charge in [-0.2, -0.15) is 0 Å². The van der Waals surface area contributed by atoms with Gasteiger partial charge < -0.3 is 19.7 Å². The van der Waals surface area contributed by atoms with E-state index >= 15 is 0 Å². The van der Waals surface area contributed by atoms with Crippen LogP contribution < -0.4 is 5.32 Å². The first-order valence-electron chi connectivity index (χ1n) is 9.34. The second-order valence-corrected chi connectivity index (χ2v) is 7.75. The third-order valence-electron chi connectivity index (χ3n) is 4.44. The van der Waals surface area contributed by atoms with Gasteiger partial charge in [0.15, 0.2) is 6.61 Å². The molecule has 7 nitrogen and oxygen atoms in total. The Bertz CT molecular complexity index is 714. The predicted molar refractivity (Wildman–Crippen MR) is 105 cm³/mol. The number of nitrogens with zero attached hydrogens (tertiary/aromatic N) is 1. The maximum atomic E-state index is 12.5. The average Bonchev–Trinajstić information content (AvgIpc) is 2.63. The number of amides is 2. The van der Waals surface area contributed by atoms with Crippen LogP contribution >= 0.6 is 11.6 Å². The molecular weight excluding hydrogens is 384 g/mol. The predicted octanol–water partition coefficient (Wildman–Crippen LogP) is 2.27. The van der Waals surface area contributed by atoms with E-state index in [4.69, 9.17) is 21.1 Å². The molecule has 0 saturated carbocycles. The summed E-state index contributed by atoms with van der Waals surface area (Å²) in [6, 6.07) is 5.69. The number of carbonyl (C=O) groups is 3. The molecule has 0 aromatic heterocycles. The number of ether oxygens (including phenoxy) is 2. The number of benzene rings is 1. The van der Waals surface area contributed by atoms with Gasteiger partial charge in [-0.3, -0.25) is 9.59 Å². The van der Waals surface area contributed by atoms with Crippen LogP contribution in [-0.4, -0.2) is 60.6 Å². The molecule has 8 heteroatoms. The Hall–Kier alpha value is -2.12. The van der Waals surface area contributed by atoms with Gasteiger partial charge in [0.1, 0.15) is 6.04 Å². The van der Waals surface area contributed by atoms with Crippen LogP contribution in [0, 0.1) is 5.92 Å². The van der Waals surface area contributed by atoms with E-state index in [1.165, 1.54) is 0 Å². The lowest BCUT2D eigenvalue weighted by molar-refractivity contribution is -0.159. The van der Waals surface area contributed by atoms with Gasteiger partial charge in [-0.15, -0.1) is 0 Å². The Morgan fingerprint density at radius 2 is 1.82 bits per heavy atom. The quantitative estimate of drug-likeness (QED) is 0.727. The molecule has 1 aliphatic heterocycles. The summed E-state index contributed by atoms with van der Waals surface area (Å²) >= 11 is 6.04. The van der Waals surface area contributed by atoms with Gasteiger partial charge in [0, 0.05) is 13.1 Å². The molecule has 0 aliphatic carbocycles. The van der Waals surface area contributed by atoms with Crippen molar-refractivity contribution in [3.63, 3.8) is 0 Å². The number of carbonyl (C=O) groups excluding carboxylic acids is 3. The third-order valence-corrected chi connectivity index (χ3v) is 4.77. The van der Waals surface area contributed by atoms with Gasteiger partial charge in [-0.25, -0.2) is 4.79 Å². The molecule has 2 amide bonds. The fourth-order valence-electron chi connectivity index (χ4n) is 3.06. The molecule has 3 atom stereocenters. The van der Waals surface area contributed by atoms with Gasteiger partial charge in [0.25, 0.3) is 11.8 Å². The molecule has 1 N–H and O–H groups in total. The number of nitrogens with one attached hydrogen (secondary N) is 1. The zero-order valence-electron chi connectivity index (χ0n) is 16.6. The Morgan fingerprint density at radius 1 is 1.21 bits per heavy atom. The highest BCUT2D eigenvalue weighted by atomic mass is 35.5. The summed E-state index contributed by atoms with van der Waals surface area (Å²) in [7, 11) is 0. The van der Waals surface area contributed by atoms with E-state index in [0.717, 1.165) is 0 Å². The topological polar surface area (TPSA) is 84.9 Å². The Balaban J connectivity index is 1.94. The summed E-state index contributed by atoms with van der Waals surface area (Å²) in [5.41, 5.74) is 0.273. The summed E-state index contributed by atoms with van der Waals surface area (Å²) in [6.07, 6.45) is -0.136. The summed E-state index contributed by atoms with van der Waals surface area (Å²) in [6.45, 7) is 7.89. The van der Waals surface area contributed by atoms with Gasteiger partial charge in [-0.1, -0.05) is 37.6 Å². The summed E-state index contributed by atoms with van der Waals surface area (Å²) < 4.78 is 10.8. The molecule has 28 heavy (non-hydrogen) atoms. The fourth-order valence-corrected chi connectivity index (χ4v) is 3.28. The second kappa shape index (κ2) is 9.89. The normalized spacial score (nSPS) is 20.6. The van der Waals surface area contributed by atoms with Crippen LogP contribution in [0.25, 0.3) is 0 Å². The molecule has 0 radical (unpaired) electrons. The smallest absolute Gasteiger partial charge is 0.329 e. The molecule has 0 unspecified atom stereocenters. The highest BCUT2D eigenvalue weighted by molar-refractivity contribution is 6.33. The number of hydrogen-bond acceptors (Lipinski definition) is 5. The highest BCUT2D eigenvalue weighted by Crippen LogP contribution is 2.16. The average molecular weight is 411 g/mol. The van der Waals surface area contributed by atoms with E-state index in [0.29, 0.717) is 18.1 Å². The fraction of sp³-hybridized carbons (Fsp3) is 0.550. The molecule has 0 spiro atoms. The third kappa shape index (κ3) is 5.94. The van der Waals surface area contributed by atoms with Crippen molar-refractivity contribution in [2.75, 3.05) is 19.7 Å². The Kier molecular flexibility index (Phi) is 7.83. The molecular formula is C20H27ClN2O5. The number of rotatable bonds is 6. The minimum Gasteiger partial charge on any atom is -0.454 e. The van der Waals surface area contributed by atoms with E-state index < -0.39 is 17.9 Å². The first-order valence-corrected chi connectivity index (χ1v) is 9.72. The molecule has 2 rings (SSSR count). The Morgan fingerprint density at radius 3 is 2.39 bits per heavy atom. The van der Waals surface area contributed by atoms with Crippen molar-refractivity contribution >= 4 is 29.4 Å². The zero-order valence-corrected chi connectivity index (χ0v) is 17.4. The molecule has 1 aromatic rings.